The molecule has 1 rings (SSSR count). The molecule has 1 aromatic rings. The summed E-state index contributed by atoms with van der Waals surface area (Å²) < 4.78 is 0. The Bertz CT molecular complexity index is 423. The van der Waals surface area contributed by atoms with E-state index in [0.29, 0.717) is 18.2 Å². The van der Waals surface area contributed by atoms with E-state index in [1.807, 2.05) is 13.8 Å². The van der Waals surface area contributed by atoms with Crippen LogP contribution in [0, 0.1) is 26.7 Å². The highest BCUT2D eigenvalue weighted by molar-refractivity contribution is 7.99. The highest BCUT2D eigenvalue weighted by Crippen LogP contribution is 2.22. The fourth-order valence-corrected chi connectivity index (χ4v) is 2.89. The molecule has 0 aromatic heterocycles. The number of hydrogen-bond donors (Lipinski definition) is 2. The highest BCUT2D eigenvalue weighted by atomic mass is 32.2. The minimum atomic E-state index is 0.0595. The SMILES string of the molecule is Cc1cc(C)c(NC(=O)CSCC(C)CN)c(C)c1. The van der Waals surface area contributed by atoms with Crippen molar-refractivity contribution in [3.05, 3.63) is 28.8 Å². The van der Waals surface area contributed by atoms with Crippen molar-refractivity contribution in [3.8, 4) is 0 Å². The van der Waals surface area contributed by atoms with Crippen LogP contribution in [0.25, 0.3) is 0 Å². The molecule has 0 heterocycles. The van der Waals surface area contributed by atoms with Crippen LogP contribution in [0.2, 0.25) is 0 Å². The zero-order valence-electron chi connectivity index (χ0n) is 12.2. The number of amides is 1. The molecule has 0 fully saturated rings. The average molecular weight is 280 g/mol. The molecule has 0 bridgehead atoms. The van der Waals surface area contributed by atoms with Gasteiger partial charge in [0.25, 0.3) is 0 Å². The average Bonchev–Trinajstić information content (AvgIpc) is 2.33. The predicted octanol–water partition coefficient (Wildman–Crippen LogP) is 2.88. The van der Waals surface area contributed by atoms with E-state index < -0.39 is 0 Å². The second-order valence-corrected chi connectivity index (χ2v) is 6.21. The molecule has 1 aromatic carbocycles. The van der Waals surface area contributed by atoms with Gasteiger partial charge < -0.3 is 11.1 Å². The van der Waals surface area contributed by atoms with Gasteiger partial charge in [0.2, 0.25) is 5.91 Å². The third-order valence-electron chi connectivity index (χ3n) is 2.98. The largest absolute Gasteiger partial charge is 0.330 e. The lowest BCUT2D eigenvalue weighted by Crippen LogP contribution is -2.18. The van der Waals surface area contributed by atoms with Gasteiger partial charge in [-0.05, 0) is 50.1 Å². The van der Waals surface area contributed by atoms with Gasteiger partial charge in [-0.3, -0.25) is 4.79 Å². The Morgan fingerprint density at radius 2 is 1.89 bits per heavy atom. The predicted molar refractivity (Wildman–Crippen MR) is 84.8 cm³/mol. The Hall–Kier alpha value is -1.00. The van der Waals surface area contributed by atoms with Gasteiger partial charge in [-0.1, -0.05) is 24.6 Å². The Labute approximate surface area is 120 Å². The summed E-state index contributed by atoms with van der Waals surface area (Å²) in [5, 5.41) is 3.01. The molecule has 0 saturated heterocycles. The fraction of sp³-hybridized carbons (Fsp3) is 0.533. The van der Waals surface area contributed by atoms with Crippen LogP contribution in [0.3, 0.4) is 0 Å². The molecule has 0 saturated carbocycles. The molecule has 0 spiro atoms. The van der Waals surface area contributed by atoms with E-state index in [9.17, 15) is 4.79 Å². The zero-order chi connectivity index (χ0) is 14.4. The highest BCUT2D eigenvalue weighted by Gasteiger charge is 2.09. The van der Waals surface area contributed by atoms with Gasteiger partial charge in [0.15, 0.2) is 0 Å². The minimum absolute atomic E-state index is 0.0595. The Morgan fingerprint density at radius 1 is 1.32 bits per heavy atom. The molecule has 19 heavy (non-hydrogen) atoms. The topological polar surface area (TPSA) is 55.1 Å². The van der Waals surface area contributed by atoms with Gasteiger partial charge in [0.05, 0.1) is 5.75 Å². The van der Waals surface area contributed by atoms with E-state index in [4.69, 9.17) is 5.73 Å². The van der Waals surface area contributed by atoms with E-state index in [1.165, 1.54) is 5.56 Å². The molecule has 106 valence electrons. The number of thioether (sulfide) groups is 1. The minimum Gasteiger partial charge on any atom is -0.330 e. The van der Waals surface area contributed by atoms with Crippen LogP contribution in [-0.2, 0) is 4.79 Å². The first-order chi connectivity index (χ1) is 8.93. The molecule has 0 radical (unpaired) electrons. The van der Waals surface area contributed by atoms with E-state index >= 15 is 0 Å². The maximum atomic E-state index is 11.9. The number of nitrogens with one attached hydrogen (secondary N) is 1. The van der Waals surface area contributed by atoms with Gasteiger partial charge >= 0.3 is 0 Å². The lowest BCUT2D eigenvalue weighted by Gasteiger charge is -2.13. The molecule has 1 unspecified atom stereocenters. The smallest absolute Gasteiger partial charge is 0.234 e. The Kier molecular flexibility index (Phi) is 6.38. The van der Waals surface area contributed by atoms with Gasteiger partial charge in [0, 0.05) is 5.69 Å². The summed E-state index contributed by atoms with van der Waals surface area (Å²) in [7, 11) is 0. The quantitative estimate of drug-likeness (QED) is 0.842. The number of hydrogen-bond acceptors (Lipinski definition) is 3. The first-order valence-electron chi connectivity index (χ1n) is 6.59. The van der Waals surface area contributed by atoms with E-state index in [-0.39, 0.29) is 5.91 Å². The molecule has 1 atom stereocenters. The van der Waals surface area contributed by atoms with E-state index in [2.05, 4.69) is 31.3 Å². The first-order valence-corrected chi connectivity index (χ1v) is 7.75. The molecule has 1 amide bonds. The van der Waals surface area contributed by atoms with Crippen LogP contribution in [0.4, 0.5) is 5.69 Å². The molecule has 0 aliphatic carbocycles. The van der Waals surface area contributed by atoms with Gasteiger partial charge in [-0.15, -0.1) is 0 Å². The number of rotatable bonds is 6. The van der Waals surface area contributed by atoms with Gasteiger partial charge in [-0.25, -0.2) is 0 Å². The Balaban J connectivity index is 2.53. The third kappa shape index (κ3) is 5.25. The van der Waals surface area contributed by atoms with E-state index in [0.717, 1.165) is 22.6 Å². The normalized spacial score (nSPS) is 12.3. The monoisotopic (exact) mass is 280 g/mol. The third-order valence-corrected chi connectivity index (χ3v) is 4.25. The Morgan fingerprint density at radius 3 is 2.42 bits per heavy atom. The molecular weight excluding hydrogens is 256 g/mol. The van der Waals surface area contributed by atoms with Crippen molar-refractivity contribution in [2.24, 2.45) is 11.7 Å². The van der Waals surface area contributed by atoms with Crippen LogP contribution >= 0.6 is 11.8 Å². The second-order valence-electron chi connectivity index (χ2n) is 5.18. The number of carbonyl (C=O) groups excluding carboxylic acids is 1. The zero-order valence-corrected chi connectivity index (χ0v) is 13.1. The van der Waals surface area contributed by atoms with Gasteiger partial charge in [0.1, 0.15) is 0 Å². The summed E-state index contributed by atoms with van der Waals surface area (Å²) in [5.74, 6) is 1.93. The molecule has 0 aliphatic rings. The van der Waals surface area contributed by atoms with Crippen molar-refractivity contribution in [1.82, 2.24) is 0 Å². The number of benzene rings is 1. The first kappa shape index (κ1) is 16.1. The van der Waals surface area contributed by atoms with Crippen LogP contribution in [0.1, 0.15) is 23.6 Å². The molecule has 4 heteroatoms. The van der Waals surface area contributed by atoms with Crippen LogP contribution in [-0.4, -0.2) is 24.0 Å². The summed E-state index contributed by atoms with van der Waals surface area (Å²) >= 11 is 1.64. The van der Waals surface area contributed by atoms with Crippen LogP contribution in [0.5, 0.6) is 0 Å². The maximum absolute atomic E-state index is 11.9. The van der Waals surface area contributed by atoms with Crippen molar-refractivity contribution in [2.45, 2.75) is 27.7 Å². The lowest BCUT2D eigenvalue weighted by atomic mass is 10.1. The molecule has 3 N–H and O–H groups in total. The summed E-state index contributed by atoms with van der Waals surface area (Å²) in [5.41, 5.74) is 9.95. The summed E-state index contributed by atoms with van der Waals surface area (Å²) in [6.07, 6.45) is 0. The van der Waals surface area contributed by atoms with Crippen molar-refractivity contribution in [3.63, 3.8) is 0 Å². The summed E-state index contributed by atoms with van der Waals surface area (Å²) in [4.78, 5) is 11.9. The standard InChI is InChI=1S/C15H24N2OS/c1-10-5-12(3)15(13(4)6-10)17-14(18)9-19-8-11(2)7-16/h5-6,11H,7-9,16H2,1-4H3,(H,17,18). The number of aryl methyl sites for hydroxylation is 3. The van der Waals surface area contributed by atoms with Gasteiger partial charge in [-0.2, -0.15) is 11.8 Å². The van der Waals surface area contributed by atoms with Crippen molar-refractivity contribution in [1.29, 1.82) is 0 Å². The number of nitrogens with two attached hydrogens (primary N) is 1. The number of carbonyl (C=O) groups is 1. The van der Waals surface area contributed by atoms with Crippen LogP contribution in [0.15, 0.2) is 12.1 Å². The van der Waals surface area contributed by atoms with Crippen LogP contribution < -0.4 is 11.1 Å². The molecule has 3 nitrogen and oxygen atoms in total. The lowest BCUT2D eigenvalue weighted by molar-refractivity contribution is -0.113. The summed E-state index contributed by atoms with van der Waals surface area (Å²) in [6.45, 7) is 8.89. The maximum Gasteiger partial charge on any atom is 0.234 e. The second kappa shape index (κ2) is 7.56. The van der Waals surface area contributed by atoms with E-state index in [1.54, 1.807) is 11.8 Å². The fourth-order valence-electron chi connectivity index (χ4n) is 1.97. The van der Waals surface area contributed by atoms with Crippen molar-refractivity contribution >= 4 is 23.4 Å². The summed E-state index contributed by atoms with van der Waals surface area (Å²) in [6, 6.07) is 4.18. The van der Waals surface area contributed by atoms with Crippen molar-refractivity contribution < 1.29 is 4.79 Å². The molecule has 0 aliphatic heterocycles. The molecular formula is C15H24N2OS. The van der Waals surface area contributed by atoms with Crippen molar-refractivity contribution in [2.75, 3.05) is 23.4 Å². The number of anilines is 1.